The van der Waals surface area contributed by atoms with E-state index >= 15 is 0 Å². The molecule has 3 aromatic rings. The average Bonchev–Trinajstić information content (AvgIpc) is 3.16. The number of carbonyl (C=O) groups is 2. The van der Waals surface area contributed by atoms with E-state index in [1.165, 1.54) is 11.3 Å². The van der Waals surface area contributed by atoms with E-state index in [0.29, 0.717) is 23.8 Å². The summed E-state index contributed by atoms with van der Waals surface area (Å²) in [7, 11) is 1.89. The van der Waals surface area contributed by atoms with Gasteiger partial charge < -0.3 is 10.4 Å². The van der Waals surface area contributed by atoms with Crippen molar-refractivity contribution in [2.24, 2.45) is 7.05 Å². The molecule has 0 aliphatic carbocycles. The lowest BCUT2D eigenvalue weighted by Gasteiger charge is -2.05. The minimum absolute atomic E-state index is 0.115. The minimum Gasteiger partial charge on any atom is -0.478 e. The zero-order valence-electron chi connectivity index (χ0n) is 14.9. The molecule has 6 nitrogen and oxygen atoms in total. The molecule has 2 N–H and O–H groups in total. The minimum atomic E-state index is -0.948. The van der Waals surface area contributed by atoms with Gasteiger partial charge in [-0.05, 0) is 36.1 Å². The maximum absolute atomic E-state index is 12.4. The van der Waals surface area contributed by atoms with Crippen molar-refractivity contribution < 1.29 is 14.7 Å². The van der Waals surface area contributed by atoms with E-state index in [1.807, 2.05) is 23.9 Å². The van der Waals surface area contributed by atoms with Crippen LogP contribution in [0.15, 0.2) is 30.3 Å². The van der Waals surface area contributed by atoms with Crippen molar-refractivity contribution in [2.45, 2.75) is 26.2 Å². The van der Waals surface area contributed by atoms with Crippen molar-refractivity contribution in [3.63, 3.8) is 0 Å². The first-order valence-corrected chi connectivity index (χ1v) is 9.25. The fraction of sp³-hybridized carbons (Fsp3) is 0.316. The van der Waals surface area contributed by atoms with Crippen LogP contribution < -0.4 is 5.32 Å². The van der Waals surface area contributed by atoms with E-state index in [0.717, 1.165) is 21.5 Å². The van der Waals surface area contributed by atoms with Crippen LogP contribution in [0, 0.1) is 0 Å². The number of amides is 1. The lowest BCUT2D eigenvalue weighted by molar-refractivity contribution is 0.0696. The maximum atomic E-state index is 12.4. The Kier molecular flexibility index (Phi) is 5.08. The summed E-state index contributed by atoms with van der Waals surface area (Å²) in [6.07, 6.45) is 0.580. The van der Waals surface area contributed by atoms with Crippen LogP contribution in [-0.4, -0.2) is 33.3 Å². The molecular formula is C19H21N3O3S. The number of aryl methyl sites for hydroxylation is 1. The molecule has 0 bridgehead atoms. The van der Waals surface area contributed by atoms with Gasteiger partial charge in [-0.15, -0.1) is 11.3 Å². The number of carbonyl (C=O) groups excluding carboxylic acids is 1. The fourth-order valence-corrected chi connectivity index (χ4v) is 3.87. The number of aromatic carboxylic acids is 1. The van der Waals surface area contributed by atoms with E-state index in [2.05, 4.69) is 24.3 Å². The highest BCUT2D eigenvalue weighted by Crippen LogP contribution is 2.31. The Labute approximate surface area is 155 Å². The van der Waals surface area contributed by atoms with E-state index in [1.54, 1.807) is 18.2 Å². The van der Waals surface area contributed by atoms with Gasteiger partial charge in [0.25, 0.3) is 5.91 Å². The van der Waals surface area contributed by atoms with E-state index in [4.69, 9.17) is 5.11 Å². The van der Waals surface area contributed by atoms with Crippen molar-refractivity contribution in [3.8, 4) is 0 Å². The molecule has 0 atom stereocenters. The Morgan fingerprint density at radius 2 is 2.08 bits per heavy atom. The summed E-state index contributed by atoms with van der Waals surface area (Å²) in [5.74, 6) is -0.767. The third-order valence-electron chi connectivity index (χ3n) is 4.18. The summed E-state index contributed by atoms with van der Waals surface area (Å²) < 4.78 is 1.82. The first kappa shape index (κ1) is 18.1. The molecule has 1 aromatic carbocycles. The molecule has 0 unspecified atom stereocenters. The van der Waals surface area contributed by atoms with Gasteiger partial charge in [0.05, 0.1) is 16.1 Å². The van der Waals surface area contributed by atoms with Gasteiger partial charge in [0.2, 0.25) is 0 Å². The first-order valence-electron chi connectivity index (χ1n) is 8.43. The molecule has 0 saturated heterocycles. The third-order valence-corrected chi connectivity index (χ3v) is 5.38. The van der Waals surface area contributed by atoms with Crippen LogP contribution >= 0.6 is 11.3 Å². The number of nitrogens with zero attached hydrogens (tertiary/aromatic N) is 2. The van der Waals surface area contributed by atoms with Crippen LogP contribution in [0.2, 0.25) is 0 Å². The molecule has 3 rings (SSSR count). The molecule has 7 heteroatoms. The van der Waals surface area contributed by atoms with Gasteiger partial charge >= 0.3 is 5.97 Å². The van der Waals surface area contributed by atoms with Crippen LogP contribution in [0.4, 0.5) is 0 Å². The molecular weight excluding hydrogens is 350 g/mol. The van der Waals surface area contributed by atoms with Gasteiger partial charge in [-0.1, -0.05) is 26.0 Å². The lowest BCUT2D eigenvalue weighted by atomic mass is 10.1. The van der Waals surface area contributed by atoms with Crippen LogP contribution in [0.5, 0.6) is 0 Å². The number of thiophene rings is 1. The van der Waals surface area contributed by atoms with Gasteiger partial charge in [0.15, 0.2) is 0 Å². The topological polar surface area (TPSA) is 84.2 Å². The molecule has 26 heavy (non-hydrogen) atoms. The smallest absolute Gasteiger partial charge is 0.335 e. The molecule has 0 radical (unpaired) electrons. The average molecular weight is 371 g/mol. The molecule has 0 saturated carbocycles. The molecule has 1 amide bonds. The normalized spacial score (nSPS) is 11.2. The van der Waals surface area contributed by atoms with Crippen molar-refractivity contribution in [2.75, 3.05) is 6.54 Å². The van der Waals surface area contributed by atoms with Gasteiger partial charge in [-0.2, -0.15) is 5.10 Å². The van der Waals surface area contributed by atoms with Gasteiger partial charge in [0, 0.05) is 19.0 Å². The van der Waals surface area contributed by atoms with Crippen molar-refractivity contribution in [1.82, 2.24) is 15.1 Å². The van der Waals surface area contributed by atoms with Crippen LogP contribution in [0.1, 0.15) is 51.1 Å². The fourth-order valence-electron chi connectivity index (χ4n) is 2.87. The molecule has 0 fully saturated rings. The quantitative estimate of drug-likeness (QED) is 0.695. The second-order valence-corrected chi connectivity index (χ2v) is 7.54. The van der Waals surface area contributed by atoms with Gasteiger partial charge in [-0.3, -0.25) is 9.48 Å². The van der Waals surface area contributed by atoms with Gasteiger partial charge in [-0.25, -0.2) is 4.79 Å². The van der Waals surface area contributed by atoms with E-state index < -0.39 is 5.97 Å². The number of aromatic nitrogens is 2. The maximum Gasteiger partial charge on any atom is 0.335 e. The number of benzene rings is 1. The number of hydrogen-bond acceptors (Lipinski definition) is 4. The highest BCUT2D eigenvalue weighted by atomic mass is 32.1. The van der Waals surface area contributed by atoms with E-state index in [-0.39, 0.29) is 11.5 Å². The van der Waals surface area contributed by atoms with Gasteiger partial charge in [0.1, 0.15) is 4.83 Å². The summed E-state index contributed by atoms with van der Waals surface area (Å²) in [6, 6.07) is 8.67. The molecule has 0 aliphatic heterocycles. The zero-order valence-corrected chi connectivity index (χ0v) is 15.8. The zero-order chi connectivity index (χ0) is 18.8. The number of nitrogens with one attached hydrogen (secondary N) is 1. The predicted molar refractivity (Wildman–Crippen MR) is 102 cm³/mol. The summed E-state index contributed by atoms with van der Waals surface area (Å²) in [4.78, 5) is 25.1. The highest BCUT2D eigenvalue weighted by Gasteiger charge is 2.18. The Morgan fingerprint density at radius 3 is 2.77 bits per heavy atom. The Balaban J connectivity index is 1.67. The number of carboxylic acids is 1. The van der Waals surface area contributed by atoms with Crippen molar-refractivity contribution in [1.29, 1.82) is 0 Å². The lowest BCUT2D eigenvalue weighted by Crippen LogP contribution is -2.24. The number of rotatable bonds is 6. The second-order valence-electron chi connectivity index (χ2n) is 6.50. The summed E-state index contributed by atoms with van der Waals surface area (Å²) >= 11 is 1.43. The number of hydrogen-bond donors (Lipinski definition) is 2. The third kappa shape index (κ3) is 3.62. The molecule has 136 valence electrons. The number of fused-ring (bicyclic) bond motifs is 1. The molecule has 0 aliphatic rings. The summed E-state index contributed by atoms with van der Waals surface area (Å²) in [6.45, 7) is 4.63. The Morgan fingerprint density at radius 1 is 1.31 bits per heavy atom. The predicted octanol–water partition coefficient (Wildman–Crippen LogP) is 3.43. The monoisotopic (exact) mass is 371 g/mol. The van der Waals surface area contributed by atoms with Crippen LogP contribution in [-0.2, 0) is 13.5 Å². The standard InChI is InChI=1S/C19H21N3O3S/c1-11(2)16-14-10-15(26-18(14)22(3)21-16)17(23)20-8-7-12-5-4-6-13(9-12)19(24)25/h4-6,9-11H,7-8H2,1-3H3,(H,20,23)(H,24,25). The second kappa shape index (κ2) is 7.29. The SMILES string of the molecule is CC(C)c1nn(C)c2sc(C(=O)NCCc3cccc(C(=O)O)c3)cc12. The summed E-state index contributed by atoms with van der Waals surface area (Å²) in [5.41, 5.74) is 2.14. The van der Waals surface area contributed by atoms with E-state index in [9.17, 15) is 9.59 Å². The van der Waals surface area contributed by atoms with Crippen LogP contribution in [0.3, 0.4) is 0 Å². The Bertz CT molecular complexity index is 972. The molecule has 2 heterocycles. The molecule has 2 aromatic heterocycles. The summed E-state index contributed by atoms with van der Waals surface area (Å²) in [5, 5.41) is 17.5. The highest BCUT2D eigenvalue weighted by molar-refractivity contribution is 7.20. The van der Waals surface area contributed by atoms with Crippen molar-refractivity contribution in [3.05, 3.63) is 52.0 Å². The number of carboxylic acid groups (broad SMARTS) is 1. The Hall–Kier alpha value is -2.67. The van der Waals surface area contributed by atoms with Crippen LogP contribution in [0.25, 0.3) is 10.2 Å². The largest absolute Gasteiger partial charge is 0.478 e. The van der Waals surface area contributed by atoms with Crippen molar-refractivity contribution >= 4 is 33.4 Å². The molecule has 0 spiro atoms. The first-order chi connectivity index (χ1) is 12.4.